The van der Waals surface area contributed by atoms with E-state index in [-0.39, 0.29) is 17.2 Å². The summed E-state index contributed by atoms with van der Waals surface area (Å²) in [4.78, 5) is 12.3. The molecule has 2 N–H and O–H groups in total. The van der Waals surface area contributed by atoms with Gasteiger partial charge in [-0.05, 0) is 29.8 Å². The van der Waals surface area contributed by atoms with Gasteiger partial charge in [0.25, 0.3) is 0 Å². The molecule has 0 saturated carbocycles. The lowest BCUT2D eigenvalue weighted by Gasteiger charge is -2.12. The third-order valence-electron chi connectivity index (χ3n) is 3.03. The van der Waals surface area contributed by atoms with Crippen molar-refractivity contribution in [2.45, 2.75) is 0 Å². The average molecular weight is 264 g/mol. The van der Waals surface area contributed by atoms with Crippen molar-refractivity contribution in [3.63, 3.8) is 0 Å². The van der Waals surface area contributed by atoms with Gasteiger partial charge >= 0.3 is 0 Å². The van der Waals surface area contributed by atoms with Crippen molar-refractivity contribution >= 4 is 23.3 Å². The Bertz CT molecular complexity index is 719. The topological polar surface area (TPSA) is 61.7 Å². The number of hydrazone groups is 1. The van der Waals surface area contributed by atoms with E-state index in [0.717, 1.165) is 5.69 Å². The van der Waals surface area contributed by atoms with Crippen molar-refractivity contribution in [2.75, 3.05) is 5.43 Å². The number of aromatic hydroxyl groups is 1. The van der Waals surface area contributed by atoms with Crippen LogP contribution < -0.4 is 5.43 Å². The van der Waals surface area contributed by atoms with Gasteiger partial charge in [-0.1, -0.05) is 36.4 Å². The molecule has 2 aromatic carbocycles. The molecule has 0 aromatic heterocycles. The van der Waals surface area contributed by atoms with Crippen LogP contribution in [0.25, 0.3) is 6.08 Å². The number of fused-ring (bicyclic) bond motifs is 1. The van der Waals surface area contributed by atoms with E-state index in [9.17, 15) is 9.90 Å². The van der Waals surface area contributed by atoms with Crippen LogP contribution in [0.1, 0.15) is 15.9 Å². The summed E-state index contributed by atoms with van der Waals surface area (Å²) < 4.78 is 0. The predicted octanol–water partition coefficient (Wildman–Crippen LogP) is 3.07. The molecule has 3 rings (SSSR count). The van der Waals surface area contributed by atoms with Gasteiger partial charge in [0.05, 0.1) is 11.3 Å². The van der Waals surface area contributed by atoms with Crippen LogP contribution in [0.5, 0.6) is 5.75 Å². The van der Waals surface area contributed by atoms with Crippen LogP contribution in [0.4, 0.5) is 5.69 Å². The second-order valence-corrected chi connectivity index (χ2v) is 4.38. The van der Waals surface area contributed by atoms with Crippen molar-refractivity contribution in [2.24, 2.45) is 5.10 Å². The van der Waals surface area contributed by atoms with Gasteiger partial charge in [0.2, 0.25) is 5.78 Å². The number of nitrogens with zero attached hydrogens (tertiary/aromatic N) is 1. The van der Waals surface area contributed by atoms with E-state index in [1.807, 2.05) is 30.3 Å². The number of Topliss-reactive ketones (excluding diaryl/α,β-unsaturated/α-hetero) is 1. The van der Waals surface area contributed by atoms with Crippen LogP contribution in [-0.4, -0.2) is 16.6 Å². The number of hydrogen-bond donors (Lipinski definition) is 2. The van der Waals surface area contributed by atoms with Crippen molar-refractivity contribution in [1.82, 2.24) is 0 Å². The monoisotopic (exact) mass is 264 g/mol. The van der Waals surface area contributed by atoms with Gasteiger partial charge in [-0.15, -0.1) is 0 Å². The molecule has 0 atom stereocenters. The highest BCUT2D eigenvalue weighted by atomic mass is 16.3. The second kappa shape index (κ2) is 5.01. The molecule has 4 nitrogen and oxygen atoms in total. The summed E-state index contributed by atoms with van der Waals surface area (Å²) in [7, 11) is 0. The number of phenols is 1. The molecule has 0 bridgehead atoms. The zero-order chi connectivity index (χ0) is 13.9. The van der Waals surface area contributed by atoms with Crippen LogP contribution >= 0.6 is 0 Å². The number of nitrogens with one attached hydrogen (secondary N) is 1. The van der Waals surface area contributed by atoms with Crippen LogP contribution in [0.2, 0.25) is 0 Å². The van der Waals surface area contributed by atoms with E-state index in [2.05, 4.69) is 10.5 Å². The third-order valence-corrected chi connectivity index (χ3v) is 3.03. The number of carbonyl (C=O) groups excluding carboxylic acids is 1. The summed E-state index contributed by atoms with van der Waals surface area (Å²) in [6.07, 6.45) is 3.40. The van der Waals surface area contributed by atoms with Gasteiger partial charge in [0.1, 0.15) is 11.5 Å². The molecule has 0 unspecified atom stereocenters. The van der Waals surface area contributed by atoms with E-state index < -0.39 is 0 Å². The van der Waals surface area contributed by atoms with Gasteiger partial charge in [-0.3, -0.25) is 10.2 Å². The summed E-state index contributed by atoms with van der Waals surface area (Å²) in [5.74, 6) is -0.312. The van der Waals surface area contributed by atoms with Crippen molar-refractivity contribution in [1.29, 1.82) is 0 Å². The highest BCUT2D eigenvalue weighted by Gasteiger charge is 2.22. The molecule has 0 amide bonds. The molecular formula is C16H12N2O2. The molecular weight excluding hydrogens is 252 g/mol. The molecule has 0 fully saturated rings. The molecule has 1 aliphatic rings. The van der Waals surface area contributed by atoms with Crippen LogP contribution in [0, 0.1) is 0 Å². The minimum absolute atomic E-state index is 0.0238. The lowest BCUT2D eigenvalue weighted by Crippen LogP contribution is -2.18. The van der Waals surface area contributed by atoms with Gasteiger partial charge in [-0.2, -0.15) is 5.10 Å². The maximum absolute atomic E-state index is 12.3. The molecule has 0 spiro atoms. The number of para-hydroxylation sites is 1. The van der Waals surface area contributed by atoms with Gasteiger partial charge in [0.15, 0.2) is 0 Å². The molecule has 20 heavy (non-hydrogen) atoms. The Morgan fingerprint density at radius 2 is 1.75 bits per heavy atom. The maximum Gasteiger partial charge on any atom is 0.217 e. The summed E-state index contributed by atoms with van der Waals surface area (Å²) >= 11 is 0. The fourth-order valence-corrected chi connectivity index (χ4v) is 2.04. The van der Waals surface area contributed by atoms with E-state index in [1.54, 1.807) is 24.3 Å². The fraction of sp³-hybridized carbons (Fsp3) is 0. The summed E-state index contributed by atoms with van der Waals surface area (Å²) in [5, 5.41) is 13.9. The second-order valence-electron chi connectivity index (χ2n) is 4.38. The molecule has 1 aliphatic carbocycles. The first-order valence-electron chi connectivity index (χ1n) is 6.19. The first-order chi connectivity index (χ1) is 9.75. The molecule has 0 heterocycles. The number of hydrogen-bond acceptors (Lipinski definition) is 4. The highest BCUT2D eigenvalue weighted by molar-refractivity contribution is 6.52. The van der Waals surface area contributed by atoms with E-state index in [1.165, 1.54) is 6.07 Å². The van der Waals surface area contributed by atoms with Gasteiger partial charge in [-0.25, -0.2) is 0 Å². The minimum atomic E-state index is -0.288. The predicted molar refractivity (Wildman–Crippen MR) is 79.0 cm³/mol. The number of benzene rings is 2. The van der Waals surface area contributed by atoms with Gasteiger partial charge < -0.3 is 5.11 Å². The lowest BCUT2D eigenvalue weighted by molar-refractivity contribution is 0.106. The molecule has 2 aromatic rings. The third kappa shape index (κ3) is 2.19. The zero-order valence-electron chi connectivity index (χ0n) is 10.6. The molecule has 0 radical (unpaired) electrons. The number of ketones is 1. The normalized spacial score (nSPS) is 15.2. The summed E-state index contributed by atoms with van der Waals surface area (Å²) in [6.45, 7) is 0. The Balaban J connectivity index is 1.91. The number of anilines is 1. The zero-order valence-corrected chi connectivity index (χ0v) is 10.6. The van der Waals surface area contributed by atoms with Crippen molar-refractivity contribution in [3.8, 4) is 5.75 Å². The SMILES string of the molecule is O=C1/C(=N/Nc2ccccc2)C=Cc2cccc(O)c21. The lowest BCUT2D eigenvalue weighted by atomic mass is 9.94. The Kier molecular flexibility index (Phi) is 3.05. The Morgan fingerprint density at radius 3 is 2.55 bits per heavy atom. The molecule has 98 valence electrons. The summed E-state index contributed by atoms with van der Waals surface area (Å²) in [6, 6.07) is 14.3. The molecule has 4 heteroatoms. The number of rotatable bonds is 2. The van der Waals surface area contributed by atoms with E-state index >= 15 is 0 Å². The van der Waals surface area contributed by atoms with Crippen molar-refractivity contribution in [3.05, 3.63) is 65.7 Å². The summed E-state index contributed by atoms with van der Waals surface area (Å²) in [5.41, 5.74) is 4.89. The smallest absolute Gasteiger partial charge is 0.217 e. The number of allylic oxidation sites excluding steroid dienone is 1. The Hall–Kier alpha value is -2.88. The number of phenolic OH excluding ortho intramolecular Hbond substituents is 1. The first-order valence-corrected chi connectivity index (χ1v) is 6.19. The number of carbonyl (C=O) groups is 1. The largest absolute Gasteiger partial charge is 0.507 e. The van der Waals surface area contributed by atoms with Crippen LogP contribution in [-0.2, 0) is 0 Å². The standard InChI is InChI=1S/C16H12N2O2/c19-14-8-4-5-11-9-10-13(16(20)15(11)14)18-17-12-6-2-1-3-7-12/h1-10,17,19H/b18-13+. The van der Waals surface area contributed by atoms with Crippen LogP contribution in [0.15, 0.2) is 59.7 Å². The maximum atomic E-state index is 12.3. The van der Waals surface area contributed by atoms with Gasteiger partial charge in [0, 0.05) is 0 Å². The Labute approximate surface area is 116 Å². The highest BCUT2D eigenvalue weighted by Crippen LogP contribution is 2.26. The quantitative estimate of drug-likeness (QED) is 0.819. The first kappa shape index (κ1) is 12.2. The van der Waals surface area contributed by atoms with Crippen molar-refractivity contribution < 1.29 is 9.90 Å². The van der Waals surface area contributed by atoms with E-state index in [0.29, 0.717) is 11.1 Å². The van der Waals surface area contributed by atoms with Crippen LogP contribution in [0.3, 0.4) is 0 Å². The fourth-order valence-electron chi connectivity index (χ4n) is 2.04. The minimum Gasteiger partial charge on any atom is -0.507 e. The molecule has 0 saturated heterocycles. The van der Waals surface area contributed by atoms with E-state index in [4.69, 9.17) is 0 Å². The average Bonchev–Trinajstić information content (AvgIpc) is 2.48. The molecule has 0 aliphatic heterocycles. The Morgan fingerprint density at radius 1 is 0.950 bits per heavy atom.